The molecule has 0 aliphatic rings. The highest BCUT2D eigenvalue weighted by Gasteiger charge is 2.32. The summed E-state index contributed by atoms with van der Waals surface area (Å²) >= 11 is 6.32. The van der Waals surface area contributed by atoms with Gasteiger partial charge in [0.2, 0.25) is 5.91 Å². The van der Waals surface area contributed by atoms with Crippen molar-refractivity contribution in [2.45, 2.75) is 33.5 Å². The first kappa shape index (κ1) is 25.4. The van der Waals surface area contributed by atoms with Crippen LogP contribution in [0.1, 0.15) is 45.0 Å². The van der Waals surface area contributed by atoms with Crippen molar-refractivity contribution in [3.63, 3.8) is 0 Å². The van der Waals surface area contributed by atoms with Crippen LogP contribution in [0.4, 0.5) is 18.2 Å². The zero-order valence-electron chi connectivity index (χ0n) is 17.1. The van der Waals surface area contributed by atoms with E-state index in [1.165, 1.54) is 6.92 Å². The Morgan fingerprint density at radius 1 is 1.16 bits per heavy atom. The minimum Gasteiger partial charge on any atom is -0.462 e. The number of anilines is 1. The molecule has 2 rings (SSSR count). The van der Waals surface area contributed by atoms with E-state index in [9.17, 15) is 32.3 Å². The van der Waals surface area contributed by atoms with Crippen molar-refractivity contribution in [1.29, 1.82) is 0 Å². The predicted octanol–water partition coefficient (Wildman–Crippen LogP) is 3.88. The minimum atomic E-state index is -4.79. The molecule has 0 radical (unpaired) electrons. The van der Waals surface area contributed by atoms with Gasteiger partial charge in [-0.05, 0) is 32.4 Å². The van der Waals surface area contributed by atoms with E-state index in [-0.39, 0.29) is 34.2 Å². The molecule has 0 aliphatic heterocycles. The van der Waals surface area contributed by atoms with Crippen LogP contribution >= 0.6 is 22.9 Å². The lowest BCUT2D eigenvalue weighted by atomic mass is 10.1. The van der Waals surface area contributed by atoms with Gasteiger partial charge in [0.1, 0.15) is 21.4 Å². The van der Waals surface area contributed by atoms with E-state index in [1.807, 2.05) is 0 Å². The second kappa shape index (κ2) is 10.2. The summed E-state index contributed by atoms with van der Waals surface area (Å²) in [6, 6.07) is 0.464. The average Bonchev–Trinajstić information content (AvgIpc) is 3.00. The van der Waals surface area contributed by atoms with E-state index in [0.717, 1.165) is 11.3 Å². The van der Waals surface area contributed by atoms with Crippen molar-refractivity contribution < 1.29 is 37.0 Å². The van der Waals surface area contributed by atoms with Gasteiger partial charge < -0.3 is 19.4 Å². The zero-order valence-corrected chi connectivity index (χ0v) is 18.7. The number of ether oxygens (including phenoxy) is 2. The maximum Gasteiger partial charge on any atom is 0.417 e. The summed E-state index contributed by atoms with van der Waals surface area (Å²) < 4.78 is 49.4. The molecule has 0 atom stereocenters. The van der Waals surface area contributed by atoms with Crippen LogP contribution < -0.4 is 10.9 Å². The van der Waals surface area contributed by atoms with Gasteiger partial charge in [-0.2, -0.15) is 13.2 Å². The summed E-state index contributed by atoms with van der Waals surface area (Å²) in [6.45, 7) is 3.89. The van der Waals surface area contributed by atoms with Crippen LogP contribution in [-0.4, -0.2) is 35.6 Å². The number of carbonyl (C=O) groups excluding carboxylic acids is 3. The number of hydrogen-bond acceptors (Lipinski definition) is 7. The fraction of sp³-hybridized carbons (Fsp3) is 0.368. The minimum absolute atomic E-state index is 0.0222. The van der Waals surface area contributed by atoms with Crippen LogP contribution in [0.3, 0.4) is 0 Å². The molecule has 0 aliphatic carbocycles. The van der Waals surface area contributed by atoms with E-state index in [0.29, 0.717) is 16.8 Å². The molecule has 1 N–H and O–H groups in total. The number of thiophene rings is 1. The number of aromatic nitrogens is 1. The van der Waals surface area contributed by atoms with E-state index >= 15 is 0 Å². The molecule has 2 aromatic rings. The van der Waals surface area contributed by atoms with Crippen molar-refractivity contribution in [3.8, 4) is 0 Å². The number of nitrogens with one attached hydrogen (secondary N) is 1. The number of halogens is 4. The average molecular weight is 495 g/mol. The molecule has 0 spiro atoms. The van der Waals surface area contributed by atoms with Gasteiger partial charge in [0.05, 0.1) is 24.3 Å². The smallest absolute Gasteiger partial charge is 0.417 e. The lowest BCUT2D eigenvalue weighted by molar-refractivity contribution is -0.138. The molecule has 32 heavy (non-hydrogen) atoms. The summed E-state index contributed by atoms with van der Waals surface area (Å²) in [6.07, 6.45) is -4.32. The van der Waals surface area contributed by atoms with Gasteiger partial charge in [-0.3, -0.25) is 9.59 Å². The molecule has 8 nitrogen and oxygen atoms in total. The SMILES string of the molecule is CCOC(=O)c1sc(NC(=O)Cn2cc(C(F)(F)F)cc(Cl)c2=O)c(C(=O)OCC)c1C. The molecule has 2 aromatic heterocycles. The molecule has 0 bridgehead atoms. The summed E-state index contributed by atoms with van der Waals surface area (Å²) in [7, 11) is 0. The number of nitrogens with zero attached hydrogens (tertiary/aromatic N) is 1. The third kappa shape index (κ3) is 5.68. The van der Waals surface area contributed by atoms with Gasteiger partial charge in [-0.25, -0.2) is 9.59 Å². The maximum atomic E-state index is 13.0. The van der Waals surface area contributed by atoms with Crippen molar-refractivity contribution in [1.82, 2.24) is 4.57 Å². The fourth-order valence-electron chi connectivity index (χ4n) is 2.63. The van der Waals surface area contributed by atoms with Gasteiger partial charge in [0, 0.05) is 6.20 Å². The summed E-state index contributed by atoms with van der Waals surface area (Å²) in [5.41, 5.74) is -2.10. The highest BCUT2D eigenvalue weighted by molar-refractivity contribution is 7.18. The zero-order chi connectivity index (χ0) is 24.2. The molecule has 2 heterocycles. The quantitative estimate of drug-likeness (QED) is 0.586. The first-order chi connectivity index (χ1) is 14.9. The molecule has 1 amide bonds. The highest BCUT2D eigenvalue weighted by atomic mass is 35.5. The molecular formula is C19H18ClF3N2O6S. The Balaban J connectivity index is 2.40. The number of alkyl halides is 3. The lowest BCUT2D eigenvalue weighted by Gasteiger charge is -2.12. The molecule has 174 valence electrons. The van der Waals surface area contributed by atoms with Crippen LogP contribution in [0, 0.1) is 6.92 Å². The van der Waals surface area contributed by atoms with Crippen LogP contribution in [-0.2, 0) is 27.0 Å². The number of amides is 1. The van der Waals surface area contributed by atoms with E-state index in [4.69, 9.17) is 21.1 Å². The van der Waals surface area contributed by atoms with Crippen molar-refractivity contribution in [3.05, 3.63) is 49.2 Å². The number of rotatable bonds is 7. The van der Waals surface area contributed by atoms with Gasteiger partial charge in [0.25, 0.3) is 5.56 Å². The molecule has 0 saturated carbocycles. The summed E-state index contributed by atoms with van der Waals surface area (Å²) in [5.74, 6) is -2.46. The van der Waals surface area contributed by atoms with Crippen LogP contribution in [0.15, 0.2) is 17.1 Å². The maximum absolute atomic E-state index is 13.0. The number of pyridine rings is 1. The molecule has 13 heteroatoms. The Morgan fingerprint density at radius 3 is 2.31 bits per heavy atom. The first-order valence-corrected chi connectivity index (χ1v) is 10.3. The van der Waals surface area contributed by atoms with E-state index < -0.39 is 46.7 Å². The van der Waals surface area contributed by atoms with Crippen molar-refractivity contribution >= 4 is 45.8 Å². The Kier molecular flexibility index (Phi) is 8.07. The highest BCUT2D eigenvalue weighted by Crippen LogP contribution is 2.34. The lowest BCUT2D eigenvalue weighted by Crippen LogP contribution is -2.29. The van der Waals surface area contributed by atoms with E-state index in [1.54, 1.807) is 13.8 Å². The Bertz CT molecular complexity index is 1110. The summed E-state index contributed by atoms with van der Waals surface area (Å²) in [5, 5.41) is 1.57. The standard InChI is InChI=1S/C19H18ClF3N2O6S/c1-4-30-17(28)13-9(3)14(18(29)31-5-2)32-15(13)24-12(26)8-25-7-10(19(21,22)23)6-11(20)16(25)27/h6-7H,4-5,8H2,1-3H3,(H,24,26). The first-order valence-electron chi connectivity index (χ1n) is 9.15. The number of hydrogen-bond donors (Lipinski definition) is 1. The van der Waals surface area contributed by atoms with Gasteiger partial charge >= 0.3 is 18.1 Å². The number of esters is 2. The topological polar surface area (TPSA) is 104 Å². The number of carbonyl (C=O) groups is 3. The van der Waals surface area contributed by atoms with Crippen LogP contribution in [0.25, 0.3) is 0 Å². The van der Waals surface area contributed by atoms with Crippen LogP contribution in [0.2, 0.25) is 5.02 Å². The van der Waals surface area contributed by atoms with E-state index in [2.05, 4.69) is 5.32 Å². The van der Waals surface area contributed by atoms with Gasteiger partial charge in [-0.15, -0.1) is 11.3 Å². The van der Waals surface area contributed by atoms with Gasteiger partial charge in [0.15, 0.2) is 0 Å². The molecule has 0 saturated heterocycles. The normalized spacial score (nSPS) is 11.2. The predicted molar refractivity (Wildman–Crippen MR) is 110 cm³/mol. The molecule has 0 fully saturated rings. The largest absolute Gasteiger partial charge is 0.462 e. The second-order valence-corrected chi connectivity index (χ2v) is 7.68. The van der Waals surface area contributed by atoms with Gasteiger partial charge in [-0.1, -0.05) is 11.6 Å². The third-order valence-electron chi connectivity index (χ3n) is 4.02. The molecule has 0 unspecified atom stereocenters. The molecular weight excluding hydrogens is 477 g/mol. The third-order valence-corrected chi connectivity index (χ3v) is 5.48. The van der Waals surface area contributed by atoms with Crippen molar-refractivity contribution in [2.24, 2.45) is 0 Å². The molecule has 0 aromatic carbocycles. The fourth-order valence-corrected chi connectivity index (χ4v) is 3.97. The Hall–Kier alpha value is -2.86. The summed E-state index contributed by atoms with van der Waals surface area (Å²) in [4.78, 5) is 49.1. The van der Waals surface area contributed by atoms with Crippen LogP contribution in [0.5, 0.6) is 0 Å². The van der Waals surface area contributed by atoms with Crippen molar-refractivity contribution in [2.75, 3.05) is 18.5 Å². The Labute approximate surface area is 188 Å². The second-order valence-electron chi connectivity index (χ2n) is 6.26. The monoisotopic (exact) mass is 494 g/mol. The Morgan fingerprint density at radius 2 is 1.75 bits per heavy atom.